The van der Waals surface area contributed by atoms with Gasteiger partial charge in [0.05, 0.1) is 11.3 Å². The molecule has 2 saturated carbocycles. The second kappa shape index (κ2) is 5.90. The molecule has 2 N–H and O–H groups in total. The van der Waals surface area contributed by atoms with E-state index in [1.54, 1.807) is 7.11 Å². The van der Waals surface area contributed by atoms with Crippen LogP contribution in [-0.2, 0) is 14.3 Å². The van der Waals surface area contributed by atoms with Gasteiger partial charge in [0.25, 0.3) is 0 Å². The normalized spacial score (nSPS) is 28.7. The number of carboxylic acids is 1. The molecule has 0 radical (unpaired) electrons. The first-order valence-electron chi connectivity index (χ1n) is 7.10. The molecule has 5 heteroatoms. The van der Waals surface area contributed by atoms with Gasteiger partial charge in [0.2, 0.25) is 5.91 Å². The average molecular weight is 269 g/mol. The van der Waals surface area contributed by atoms with Crippen molar-refractivity contribution in [3.8, 4) is 0 Å². The molecule has 0 aromatic heterocycles. The number of carbonyl (C=O) groups is 2. The number of amides is 1. The van der Waals surface area contributed by atoms with E-state index in [0.717, 1.165) is 32.1 Å². The van der Waals surface area contributed by atoms with Crippen LogP contribution >= 0.6 is 0 Å². The van der Waals surface area contributed by atoms with Crippen molar-refractivity contribution in [1.82, 2.24) is 5.32 Å². The third-order valence-electron chi connectivity index (χ3n) is 4.65. The first-order valence-corrected chi connectivity index (χ1v) is 7.10. The molecule has 2 aliphatic rings. The largest absolute Gasteiger partial charge is 0.481 e. The van der Waals surface area contributed by atoms with Crippen molar-refractivity contribution in [2.75, 3.05) is 13.7 Å². The van der Waals surface area contributed by atoms with Crippen LogP contribution in [0.15, 0.2) is 0 Å². The van der Waals surface area contributed by atoms with Gasteiger partial charge >= 0.3 is 5.97 Å². The lowest BCUT2D eigenvalue weighted by Crippen LogP contribution is -2.51. The van der Waals surface area contributed by atoms with Gasteiger partial charge in [-0.25, -0.2) is 0 Å². The zero-order chi connectivity index (χ0) is 13.9. The van der Waals surface area contributed by atoms with Crippen LogP contribution in [0.4, 0.5) is 0 Å². The zero-order valence-electron chi connectivity index (χ0n) is 11.5. The maximum Gasteiger partial charge on any atom is 0.306 e. The molecule has 0 aromatic rings. The van der Waals surface area contributed by atoms with Crippen LogP contribution in [0.5, 0.6) is 0 Å². The molecule has 2 aliphatic carbocycles. The van der Waals surface area contributed by atoms with Crippen LogP contribution in [0.2, 0.25) is 0 Å². The summed E-state index contributed by atoms with van der Waals surface area (Å²) in [5.74, 6) is -0.917. The third-order valence-corrected chi connectivity index (χ3v) is 4.65. The zero-order valence-corrected chi connectivity index (χ0v) is 11.5. The van der Waals surface area contributed by atoms with Gasteiger partial charge < -0.3 is 15.2 Å². The number of methoxy groups -OCH3 is 1. The quantitative estimate of drug-likeness (QED) is 0.767. The van der Waals surface area contributed by atoms with Crippen LogP contribution in [0.25, 0.3) is 0 Å². The van der Waals surface area contributed by atoms with Crippen molar-refractivity contribution < 1.29 is 19.4 Å². The molecule has 0 saturated heterocycles. The fraction of sp³-hybridized carbons (Fsp3) is 0.857. The van der Waals surface area contributed by atoms with Crippen LogP contribution in [0, 0.1) is 11.3 Å². The number of carboxylic acid groups (broad SMARTS) is 1. The minimum atomic E-state index is -0.750. The number of aliphatic carboxylic acids is 1. The summed E-state index contributed by atoms with van der Waals surface area (Å²) in [6.07, 6.45) is 5.96. The highest BCUT2D eigenvalue weighted by Crippen LogP contribution is 2.42. The fourth-order valence-corrected chi connectivity index (χ4v) is 3.22. The molecule has 0 spiro atoms. The number of ether oxygens (including phenoxy) is 1. The highest BCUT2D eigenvalue weighted by atomic mass is 16.5. The minimum Gasteiger partial charge on any atom is -0.481 e. The maximum atomic E-state index is 12.4. The Kier molecular flexibility index (Phi) is 4.45. The molecule has 0 aromatic carbocycles. The molecule has 0 unspecified atom stereocenters. The Bertz CT molecular complexity index is 343. The van der Waals surface area contributed by atoms with Crippen molar-refractivity contribution in [3.63, 3.8) is 0 Å². The smallest absolute Gasteiger partial charge is 0.306 e. The summed E-state index contributed by atoms with van der Waals surface area (Å²) in [5.41, 5.74) is -0.273. The van der Waals surface area contributed by atoms with E-state index in [-0.39, 0.29) is 23.3 Å². The van der Waals surface area contributed by atoms with E-state index in [1.807, 2.05) is 0 Å². The summed E-state index contributed by atoms with van der Waals surface area (Å²) in [5, 5.41) is 11.9. The highest BCUT2D eigenvalue weighted by Gasteiger charge is 2.43. The molecule has 0 heterocycles. The summed E-state index contributed by atoms with van der Waals surface area (Å²) in [6, 6.07) is 0.0496. The molecule has 2 fully saturated rings. The van der Waals surface area contributed by atoms with E-state index < -0.39 is 5.97 Å². The van der Waals surface area contributed by atoms with Gasteiger partial charge in [-0.15, -0.1) is 0 Å². The van der Waals surface area contributed by atoms with Crippen molar-refractivity contribution in [3.05, 3.63) is 0 Å². The number of carbonyl (C=O) groups excluding carboxylic acids is 1. The lowest BCUT2D eigenvalue weighted by atomic mass is 9.77. The molecular weight excluding hydrogens is 246 g/mol. The third kappa shape index (κ3) is 3.08. The molecule has 1 amide bonds. The molecule has 0 bridgehead atoms. The van der Waals surface area contributed by atoms with Gasteiger partial charge in [-0.05, 0) is 32.1 Å². The summed E-state index contributed by atoms with van der Waals surface area (Å²) in [4.78, 5) is 23.2. The summed E-state index contributed by atoms with van der Waals surface area (Å²) in [7, 11) is 1.66. The summed E-state index contributed by atoms with van der Waals surface area (Å²) in [6.45, 7) is 0.607. The topological polar surface area (TPSA) is 75.6 Å². The Morgan fingerprint density at radius 3 is 2.47 bits per heavy atom. The lowest BCUT2D eigenvalue weighted by molar-refractivity contribution is -0.147. The highest BCUT2D eigenvalue weighted by molar-refractivity contribution is 5.83. The average Bonchev–Trinajstić information content (AvgIpc) is 2.79. The molecule has 2 rings (SSSR count). The first-order chi connectivity index (χ1) is 9.07. The monoisotopic (exact) mass is 269 g/mol. The van der Waals surface area contributed by atoms with Crippen molar-refractivity contribution in [2.45, 2.75) is 51.0 Å². The van der Waals surface area contributed by atoms with Crippen LogP contribution in [0.3, 0.4) is 0 Å². The van der Waals surface area contributed by atoms with Crippen LogP contribution in [-0.4, -0.2) is 36.7 Å². The second-order valence-corrected chi connectivity index (χ2v) is 5.91. The molecule has 0 atom stereocenters. The van der Waals surface area contributed by atoms with Crippen LogP contribution in [0.1, 0.15) is 44.9 Å². The van der Waals surface area contributed by atoms with Crippen molar-refractivity contribution in [2.24, 2.45) is 11.3 Å². The lowest BCUT2D eigenvalue weighted by Gasteiger charge is -2.36. The molecule has 0 aliphatic heterocycles. The van der Waals surface area contributed by atoms with Gasteiger partial charge in [0, 0.05) is 19.8 Å². The number of hydrogen-bond donors (Lipinski definition) is 2. The van der Waals surface area contributed by atoms with E-state index in [0.29, 0.717) is 19.4 Å². The van der Waals surface area contributed by atoms with Crippen molar-refractivity contribution in [1.29, 1.82) is 0 Å². The van der Waals surface area contributed by atoms with E-state index in [4.69, 9.17) is 9.84 Å². The Morgan fingerprint density at radius 2 is 1.95 bits per heavy atom. The van der Waals surface area contributed by atoms with Gasteiger partial charge in [0.15, 0.2) is 0 Å². The molecule has 5 nitrogen and oxygen atoms in total. The molecular formula is C14H23NO4. The Hall–Kier alpha value is -1.10. The SMILES string of the molecule is COCCC1(C(=O)NC2CC(C(=O)O)C2)CCCC1. The van der Waals surface area contributed by atoms with E-state index in [2.05, 4.69) is 5.32 Å². The molecule has 19 heavy (non-hydrogen) atoms. The van der Waals surface area contributed by atoms with Gasteiger partial charge in [-0.1, -0.05) is 12.8 Å². The minimum absolute atomic E-state index is 0.0496. The number of rotatable bonds is 6. The predicted molar refractivity (Wildman–Crippen MR) is 69.7 cm³/mol. The van der Waals surface area contributed by atoms with Crippen molar-refractivity contribution >= 4 is 11.9 Å². The fourth-order valence-electron chi connectivity index (χ4n) is 3.22. The van der Waals surface area contributed by atoms with Gasteiger partial charge in [0.1, 0.15) is 0 Å². The van der Waals surface area contributed by atoms with Gasteiger partial charge in [-0.3, -0.25) is 9.59 Å². The summed E-state index contributed by atoms with van der Waals surface area (Å²) >= 11 is 0. The van der Waals surface area contributed by atoms with E-state index in [1.165, 1.54) is 0 Å². The Labute approximate surface area is 113 Å². The second-order valence-electron chi connectivity index (χ2n) is 5.91. The van der Waals surface area contributed by atoms with E-state index >= 15 is 0 Å². The summed E-state index contributed by atoms with van der Waals surface area (Å²) < 4.78 is 5.12. The Morgan fingerprint density at radius 1 is 1.32 bits per heavy atom. The van der Waals surface area contributed by atoms with Gasteiger partial charge in [-0.2, -0.15) is 0 Å². The number of hydrogen-bond acceptors (Lipinski definition) is 3. The number of nitrogens with one attached hydrogen (secondary N) is 1. The predicted octanol–water partition coefficient (Wildman–Crippen LogP) is 1.56. The van der Waals surface area contributed by atoms with Crippen LogP contribution < -0.4 is 5.32 Å². The molecule has 108 valence electrons. The van der Waals surface area contributed by atoms with E-state index in [9.17, 15) is 9.59 Å². The Balaban J connectivity index is 1.85. The standard InChI is InChI=1S/C14H23NO4/c1-19-7-6-14(4-2-3-5-14)13(18)15-11-8-10(9-11)12(16)17/h10-11H,2-9H2,1H3,(H,15,18)(H,16,17). The first kappa shape index (κ1) is 14.3. The maximum absolute atomic E-state index is 12.4.